The molecule has 16 heavy (non-hydrogen) atoms. The summed E-state index contributed by atoms with van der Waals surface area (Å²) in [6.45, 7) is 3.28. The Morgan fingerprint density at radius 1 is 1.44 bits per heavy atom. The molecule has 0 aromatic heterocycles. The molecule has 6 heteroatoms. The van der Waals surface area contributed by atoms with Gasteiger partial charge in [0.05, 0.1) is 10.1 Å². The molecule has 0 heterocycles. The van der Waals surface area contributed by atoms with E-state index in [1.54, 1.807) is 32.0 Å². The lowest BCUT2D eigenvalue weighted by atomic mass is 10.3. The Hall–Kier alpha value is -1.14. The molecule has 88 valence electrons. The molecular formula is C10H14N2O2S2. The Labute approximate surface area is 101 Å². The van der Waals surface area contributed by atoms with E-state index in [1.165, 1.54) is 6.07 Å². The molecule has 0 amide bonds. The zero-order chi connectivity index (χ0) is 12.3. The van der Waals surface area contributed by atoms with Gasteiger partial charge in [0.25, 0.3) is 0 Å². The van der Waals surface area contributed by atoms with Crippen LogP contribution in [0.25, 0.3) is 0 Å². The minimum absolute atomic E-state index is 0.110. The lowest BCUT2D eigenvalue weighted by molar-refractivity contribution is 0.587. The van der Waals surface area contributed by atoms with E-state index in [4.69, 9.17) is 5.73 Å². The summed E-state index contributed by atoms with van der Waals surface area (Å²) >= 11 is 4.68. The van der Waals surface area contributed by atoms with E-state index in [1.807, 2.05) is 0 Å². The van der Waals surface area contributed by atoms with Gasteiger partial charge in [-0.25, -0.2) is 8.42 Å². The van der Waals surface area contributed by atoms with Crippen molar-refractivity contribution >= 4 is 32.9 Å². The van der Waals surface area contributed by atoms with Crippen LogP contribution < -0.4 is 11.1 Å². The highest BCUT2D eigenvalue weighted by atomic mass is 32.2. The average molecular weight is 258 g/mol. The van der Waals surface area contributed by atoms with E-state index >= 15 is 0 Å². The third kappa shape index (κ3) is 2.93. The molecule has 0 spiro atoms. The smallest absolute Gasteiger partial charge is 0.180 e. The lowest BCUT2D eigenvalue weighted by Gasteiger charge is -2.09. The third-order valence-corrected chi connectivity index (χ3v) is 4.30. The molecule has 3 N–H and O–H groups in total. The molecule has 0 saturated carbocycles. The topological polar surface area (TPSA) is 72.2 Å². The number of anilines is 1. The summed E-state index contributed by atoms with van der Waals surface area (Å²) in [6, 6.07) is 6.43. The summed E-state index contributed by atoms with van der Waals surface area (Å²) in [5, 5.41) is 2.36. The molecule has 0 bridgehead atoms. The molecule has 0 saturated heterocycles. The van der Waals surface area contributed by atoms with Gasteiger partial charge in [-0.3, -0.25) is 0 Å². The Bertz CT molecular complexity index is 495. The molecule has 0 aliphatic rings. The van der Waals surface area contributed by atoms with Crippen LogP contribution in [-0.2, 0) is 9.84 Å². The van der Waals surface area contributed by atoms with E-state index in [9.17, 15) is 8.42 Å². The van der Waals surface area contributed by atoms with Crippen molar-refractivity contribution in [2.45, 2.75) is 24.0 Å². The van der Waals surface area contributed by atoms with Crippen LogP contribution in [0.1, 0.15) is 13.8 Å². The van der Waals surface area contributed by atoms with Crippen molar-refractivity contribution in [3.05, 3.63) is 24.3 Å². The third-order valence-electron chi connectivity index (χ3n) is 2.05. The lowest BCUT2D eigenvalue weighted by Crippen LogP contribution is -2.19. The maximum absolute atomic E-state index is 11.9. The van der Waals surface area contributed by atoms with Crippen molar-refractivity contribution < 1.29 is 8.42 Å². The molecule has 1 aromatic carbocycles. The standard InChI is InChI=1S/C10H14N2O2S2/c1-7(2)16(13,14)9-5-3-4-8(6-9)12-10(11)15/h3-7H,1-2H3,(H3,11,12,15). The summed E-state index contributed by atoms with van der Waals surface area (Å²) in [7, 11) is -3.26. The van der Waals surface area contributed by atoms with Crippen molar-refractivity contribution in [2.24, 2.45) is 5.73 Å². The fraction of sp³-hybridized carbons (Fsp3) is 0.300. The highest BCUT2D eigenvalue weighted by molar-refractivity contribution is 7.92. The maximum atomic E-state index is 11.9. The number of sulfone groups is 1. The van der Waals surface area contributed by atoms with Gasteiger partial charge in [-0.2, -0.15) is 0 Å². The minimum Gasteiger partial charge on any atom is -0.376 e. The summed E-state index contributed by atoms with van der Waals surface area (Å²) < 4.78 is 23.8. The fourth-order valence-electron chi connectivity index (χ4n) is 1.17. The van der Waals surface area contributed by atoms with Crippen molar-refractivity contribution in [2.75, 3.05) is 5.32 Å². The summed E-state index contributed by atoms with van der Waals surface area (Å²) in [5.74, 6) is 0. The Morgan fingerprint density at radius 3 is 2.56 bits per heavy atom. The number of nitrogens with two attached hydrogens (primary N) is 1. The van der Waals surface area contributed by atoms with Gasteiger partial charge in [0.1, 0.15) is 0 Å². The molecular weight excluding hydrogens is 244 g/mol. The average Bonchev–Trinajstić information content (AvgIpc) is 2.16. The van der Waals surface area contributed by atoms with Crippen LogP contribution >= 0.6 is 12.2 Å². The maximum Gasteiger partial charge on any atom is 0.180 e. The molecule has 4 nitrogen and oxygen atoms in total. The number of hydrogen-bond donors (Lipinski definition) is 2. The zero-order valence-electron chi connectivity index (χ0n) is 9.10. The number of hydrogen-bond acceptors (Lipinski definition) is 3. The minimum atomic E-state index is -3.26. The first-order valence-electron chi connectivity index (χ1n) is 4.74. The van der Waals surface area contributed by atoms with Gasteiger partial charge in [0.2, 0.25) is 0 Å². The van der Waals surface area contributed by atoms with Gasteiger partial charge in [-0.15, -0.1) is 0 Å². The molecule has 0 fully saturated rings. The first-order valence-corrected chi connectivity index (χ1v) is 6.70. The van der Waals surface area contributed by atoms with Crippen LogP contribution in [0.4, 0.5) is 5.69 Å². The fourth-order valence-corrected chi connectivity index (χ4v) is 2.39. The highest BCUT2D eigenvalue weighted by Crippen LogP contribution is 2.19. The van der Waals surface area contributed by atoms with Gasteiger partial charge in [0, 0.05) is 5.69 Å². The van der Waals surface area contributed by atoms with Crippen molar-refractivity contribution in [1.82, 2.24) is 0 Å². The van der Waals surface area contributed by atoms with Gasteiger partial charge in [-0.05, 0) is 44.3 Å². The molecule has 0 aliphatic carbocycles. The first-order chi connectivity index (χ1) is 7.34. The number of thiocarbonyl (C=S) groups is 1. The van der Waals surface area contributed by atoms with Gasteiger partial charge >= 0.3 is 0 Å². The van der Waals surface area contributed by atoms with Gasteiger partial charge < -0.3 is 11.1 Å². The molecule has 0 radical (unpaired) electrons. The van der Waals surface area contributed by atoms with Gasteiger partial charge in [0.15, 0.2) is 14.9 Å². The summed E-state index contributed by atoms with van der Waals surface area (Å²) in [4.78, 5) is 0.267. The van der Waals surface area contributed by atoms with Crippen molar-refractivity contribution in [3.63, 3.8) is 0 Å². The molecule has 0 aliphatic heterocycles. The van der Waals surface area contributed by atoms with E-state index in [2.05, 4.69) is 17.5 Å². The number of nitrogens with one attached hydrogen (secondary N) is 1. The van der Waals surface area contributed by atoms with E-state index in [-0.39, 0.29) is 10.0 Å². The van der Waals surface area contributed by atoms with Crippen LogP contribution in [-0.4, -0.2) is 18.8 Å². The van der Waals surface area contributed by atoms with Crippen molar-refractivity contribution in [3.8, 4) is 0 Å². The largest absolute Gasteiger partial charge is 0.376 e. The van der Waals surface area contributed by atoms with Crippen LogP contribution in [0.3, 0.4) is 0 Å². The van der Waals surface area contributed by atoms with E-state index in [0.717, 1.165) is 0 Å². The predicted molar refractivity (Wildman–Crippen MR) is 69.2 cm³/mol. The Morgan fingerprint density at radius 2 is 2.06 bits per heavy atom. The second-order valence-electron chi connectivity index (χ2n) is 3.61. The summed E-state index contributed by atoms with van der Waals surface area (Å²) in [5.41, 5.74) is 5.89. The SMILES string of the molecule is CC(C)S(=O)(=O)c1cccc(NC(N)=S)c1. The quantitative estimate of drug-likeness (QED) is 0.804. The molecule has 1 aromatic rings. The van der Waals surface area contributed by atoms with Crippen LogP contribution in [0.2, 0.25) is 0 Å². The first kappa shape index (κ1) is 12.9. The predicted octanol–water partition coefficient (Wildman–Crippen LogP) is 1.52. The van der Waals surface area contributed by atoms with Crippen LogP contribution in [0.15, 0.2) is 29.2 Å². The van der Waals surface area contributed by atoms with E-state index in [0.29, 0.717) is 5.69 Å². The normalized spacial score (nSPS) is 11.4. The van der Waals surface area contributed by atoms with Crippen LogP contribution in [0.5, 0.6) is 0 Å². The second-order valence-corrected chi connectivity index (χ2v) is 6.55. The Kier molecular flexibility index (Phi) is 3.88. The van der Waals surface area contributed by atoms with Crippen molar-refractivity contribution in [1.29, 1.82) is 0 Å². The summed E-state index contributed by atoms with van der Waals surface area (Å²) in [6.07, 6.45) is 0. The second kappa shape index (κ2) is 4.80. The zero-order valence-corrected chi connectivity index (χ0v) is 10.7. The van der Waals surface area contributed by atoms with E-state index < -0.39 is 15.1 Å². The molecule has 0 atom stereocenters. The highest BCUT2D eigenvalue weighted by Gasteiger charge is 2.19. The number of rotatable bonds is 3. The van der Waals surface area contributed by atoms with Crippen LogP contribution in [0, 0.1) is 0 Å². The number of benzene rings is 1. The molecule has 1 rings (SSSR count). The Balaban J connectivity index is 3.13. The van der Waals surface area contributed by atoms with Gasteiger partial charge in [-0.1, -0.05) is 6.07 Å². The monoisotopic (exact) mass is 258 g/mol. The molecule has 0 unspecified atom stereocenters.